The van der Waals surface area contributed by atoms with Gasteiger partial charge in [0.05, 0.1) is 12.4 Å². The van der Waals surface area contributed by atoms with E-state index in [9.17, 15) is 12.8 Å². The second kappa shape index (κ2) is 7.71. The van der Waals surface area contributed by atoms with E-state index in [4.69, 9.17) is 5.11 Å². The minimum Gasteiger partial charge on any atom is -0.395 e. The van der Waals surface area contributed by atoms with Crippen molar-refractivity contribution in [1.29, 1.82) is 0 Å². The largest absolute Gasteiger partial charge is 0.395 e. The van der Waals surface area contributed by atoms with E-state index in [-0.39, 0.29) is 24.9 Å². The Morgan fingerprint density at radius 3 is 2.20 bits per heavy atom. The summed E-state index contributed by atoms with van der Waals surface area (Å²) < 4.78 is 39.1. The fourth-order valence-corrected chi connectivity index (χ4v) is 4.11. The Kier molecular flexibility index (Phi) is 6.58. The summed E-state index contributed by atoms with van der Waals surface area (Å²) in [5.74, 6) is -0.567. The Morgan fingerprint density at radius 2 is 1.75 bits per heavy atom. The second-order valence-electron chi connectivity index (χ2n) is 4.69. The van der Waals surface area contributed by atoms with Crippen molar-refractivity contribution in [2.75, 3.05) is 13.2 Å². The maximum absolute atomic E-state index is 12.8. The Labute approximate surface area is 120 Å². The number of sulfonamides is 1. The minimum atomic E-state index is -3.52. The normalized spacial score (nSPS) is 12.3. The van der Waals surface area contributed by atoms with Crippen LogP contribution in [0.5, 0.6) is 0 Å². The fourth-order valence-electron chi connectivity index (χ4n) is 2.22. The molecule has 0 aromatic heterocycles. The monoisotopic (exact) mass is 303 g/mol. The van der Waals surface area contributed by atoms with Crippen molar-refractivity contribution in [1.82, 2.24) is 4.31 Å². The molecule has 114 valence electrons. The zero-order valence-electron chi connectivity index (χ0n) is 11.9. The molecule has 0 saturated heterocycles. The van der Waals surface area contributed by atoms with Gasteiger partial charge in [-0.05, 0) is 30.5 Å². The van der Waals surface area contributed by atoms with E-state index in [0.717, 1.165) is 0 Å². The van der Waals surface area contributed by atoms with Gasteiger partial charge in [0.1, 0.15) is 5.82 Å². The third-order valence-electron chi connectivity index (χ3n) is 3.29. The molecule has 0 heterocycles. The molecule has 1 N–H and O–H groups in total. The molecule has 0 aliphatic carbocycles. The lowest BCUT2D eigenvalue weighted by molar-refractivity contribution is 0.219. The molecule has 0 fully saturated rings. The quantitative estimate of drug-likeness (QED) is 0.800. The molecule has 0 bridgehead atoms. The molecule has 0 aliphatic heterocycles. The van der Waals surface area contributed by atoms with Crippen molar-refractivity contribution in [2.45, 2.75) is 38.5 Å². The van der Waals surface area contributed by atoms with Crippen LogP contribution in [0, 0.1) is 5.82 Å². The predicted molar refractivity (Wildman–Crippen MR) is 77.2 cm³/mol. The van der Waals surface area contributed by atoms with Crippen LogP contribution in [0.1, 0.15) is 32.3 Å². The van der Waals surface area contributed by atoms with Gasteiger partial charge >= 0.3 is 0 Å². The maximum Gasteiger partial charge on any atom is 0.218 e. The third kappa shape index (κ3) is 4.54. The number of aliphatic hydroxyl groups is 1. The third-order valence-corrected chi connectivity index (χ3v) is 5.18. The molecule has 0 atom stereocenters. The predicted octanol–water partition coefficient (Wildman–Crippen LogP) is 2.14. The molecule has 0 aliphatic rings. The van der Waals surface area contributed by atoms with Gasteiger partial charge in [0, 0.05) is 12.6 Å². The first-order valence-corrected chi connectivity index (χ1v) is 8.40. The highest BCUT2D eigenvalue weighted by molar-refractivity contribution is 7.88. The zero-order chi connectivity index (χ0) is 15.2. The smallest absolute Gasteiger partial charge is 0.218 e. The van der Waals surface area contributed by atoms with Crippen LogP contribution in [0.25, 0.3) is 0 Å². The summed E-state index contributed by atoms with van der Waals surface area (Å²) in [5.41, 5.74) is 0.542. The van der Waals surface area contributed by atoms with Gasteiger partial charge in [-0.25, -0.2) is 12.8 Å². The highest BCUT2D eigenvalue weighted by Crippen LogP contribution is 2.18. The number of nitrogens with zero attached hydrogens (tertiary/aromatic N) is 1. The number of hydrogen-bond donors (Lipinski definition) is 1. The van der Waals surface area contributed by atoms with Gasteiger partial charge in [-0.1, -0.05) is 26.0 Å². The van der Waals surface area contributed by atoms with Gasteiger partial charge in [-0.2, -0.15) is 4.31 Å². The van der Waals surface area contributed by atoms with Crippen LogP contribution in [0.3, 0.4) is 0 Å². The van der Waals surface area contributed by atoms with Crippen LogP contribution in [0.2, 0.25) is 0 Å². The number of rotatable bonds is 8. The number of benzene rings is 1. The molecule has 1 rings (SSSR count). The molecule has 0 saturated carbocycles. The van der Waals surface area contributed by atoms with Crippen molar-refractivity contribution in [3.05, 3.63) is 35.6 Å². The summed E-state index contributed by atoms with van der Waals surface area (Å²) in [6.45, 7) is 3.73. The Morgan fingerprint density at radius 1 is 1.20 bits per heavy atom. The van der Waals surface area contributed by atoms with Crippen LogP contribution in [-0.2, 0) is 15.8 Å². The number of halogens is 1. The molecular formula is C14H22FNO3S. The van der Waals surface area contributed by atoms with E-state index < -0.39 is 15.8 Å². The zero-order valence-corrected chi connectivity index (χ0v) is 12.7. The van der Waals surface area contributed by atoms with E-state index >= 15 is 0 Å². The van der Waals surface area contributed by atoms with Crippen LogP contribution < -0.4 is 0 Å². The molecule has 0 amide bonds. The lowest BCUT2D eigenvalue weighted by Crippen LogP contribution is -2.42. The molecule has 1 aromatic carbocycles. The van der Waals surface area contributed by atoms with Crippen LogP contribution in [-0.4, -0.2) is 37.0 Å². The second-order valence-corrected chi connectivity index (χ2v) is 6.61. The molecule has 1 aromatic rings. The summed E-state index contributed by atoms with van der Waals surface area (Å²) >= 11 is 0. The highest BCUT2D eigenvalue weighted by atomic mass is 32.2. The summed E-state index contributed by atoms with van der Waals surface area (Å²) in [5, 5.41) is 9.09. The summed E-state index contributed by atoms with van der Waals surface area (Å²) in [7, 11) is -3.52. The molecule has 20 heavy (non-hydrogen) atoms. The molecule has 0 unspecified atom stereocenters. The SMILES string of the molecule is CCC(CC)N(CCO)S(=O)(=O)Cc1ccc(F)cc1. The average molecular weight is 303 g/mol. The van der Waals surface area contributed by atoms with E-state index in [1.165, 1.54) is 28.6 Å². The van der Waals surface area contributed by atoms with E-state index in [1.807, 2.05) is 13.8 Å². The Hall–Kier alpha value is -0.980. The van der Waals surface area contributed by atoms with Crippen LogP contribution >= 0.6 is 0 Å². The van der Waals surface area contributed by atoms with Gasteiger partial charge in [0.2, 0.25) is 10.0 Å². The summed E-state index contributed by atoms with van der Waals surface area (Å²) in [6, 6.07) is 5.32. The molecule has 4 nitrogen and oxygen atoms in total. The van der Waals surface area contributed by atoms with Crippen molar-refractivity contribution in [2.24, 2.45) is 0 Å². The standard InChI is InChI=1S/C14H22FNO3S/c1-3-14(4-2)16(9-10-17)20(18,19)11-12-5-7-13(15)8-6-12/h5-8,14,17H,3-4,9-11H2,1-2H3. The van der Waals surface area contributed by atoms with Crippen molar-refractivity contribution in [3.63, 3.8) is 0 Å². The molecular weight excluding hydrogens is 281 g/mol. The van der Waals surface area contributed by atoms with Gasteiger partial charge in [-0.15, -0.1) is 0 Å². The van der Waals surface area contributed by atoms with Crippen molar-refractivity contribution < 1.29 is 17.9 Å². The minimum absolute atomic E-state index is 0.0931. The van der Waals surface area contributed by atoms with E-state index in [1.54, 1.807) is 0 Å². The Balaban J connectivity index is 2.95. The van der Waals surface area contributed by atoms with Gasteiger partial charge in [0.15, 0.2) is 0 Å². The van der Waals surface area contributed by atoms with Crippen LogP contribution in [0.15, 0.2) is 24.3 Å². The lowest BCUT2D eigenvalue weighted by atomic mass is 10.2. The van der Waals surface area contributed by atoms with Gasteiger partial charge < -0.3 is 5.11 Å². The van der Waals surface area contributed by atoms with E-state index in [2.05, 4.69) is 0 Å². The van der Waals surface area contributed by atoms with Gasteiger partial charge in [0.25, 0.3) is 0 Å². The first-order chi connectivity index (χ1) is 9.44. The number of aliphatic hydroxyl groups excluding tert-OH is 1. The first kappa shape index (κ1) is 17.1. The summed E-state index contributed by atoms with van der Waals surface area (Å²) in [6.07, 6.45) is 1.39. The first-order valence-electron chi connectivity index (χ1n) is 6.79. The van der Waals surface area contributed by atoms with E-state index in [0.29, 0.717) is 18.4 Å². The highest BCUT2D eigenvalue weighted by Gasteiger charge is 2.27. The lowest BCUT2D eigenvalue weighted by Gasteiger charge is -2.29. The topological polar surface area (TPSA) is 57.6 Å². The Bertz CT molecular complexity index is 498. The molecule has 0 radical (unpaired) electrons. The van der Waals surface area contributed by atoms with Crippen molar-refractivity contribution >= 4 is 10.0 Å². The average Bonchev–Trinajstić information content (AvgIpc) is 2.41. The van der Waals surface area contributed by atoms with Crippen molar-refractivity contribution in [3.8, 4) is 0 Å². The molecule has 6 heteroatoms. The maximum atomic E-state index is 12.8. The molecule has 0 spiro atoms. The number of hydrogen-bond acceptors (Lipinski definition) is 3. The van der Waals surface area contributed by atoms with Crippen LogP contribution in [0.4, 0.5) is 4.39 Å². The summed E-state index contributed by atoms with van der Waals surface area (Å²) in [4.78, 5) is 0. The van der Waals surface area contributed by atoms with Gasteiger partial charge in [-0.3, -0.25) is 0 Å². The fraction of sp³-hybridized carbons (Fsp3) is 0.571.